The zero-order valence-corrected chi connectivity index (χ0v) is 10.4. The highest BCUT2D eigenvalue weighted by Crippen LogP contribution is 2.11. The van der Waals surface area contributed by atoms with Gasteiger partial charge in [-0.3, -0.25) is 0 Å². The van der Waals surface area contributed by atoms with Crippen LogP contribution in [0.2, 0.25) is 0 Å². The third-order valence-electron chi connectivity index (χ3n) is 2.92. The largest absolute Gasteiger partial charge is 0.394 e. The number of hydrogen-bond acceptors (Lipinski definition) is 5. The first kappa shape index (κ1) is 15.8. The van der Waals surface area contributed by atoms with Crippen LogP contribution in [0.15, 0.2) is 0 Å². The second-order valence-corrected chi connectivity index (χ2v) is 4.18. The summed E-state index contributed by atoms with van der Waals surface area (Å²) in [7, 11) is 1.64. The van der Waals surface area contributed by atoms with E-state index in [1.54, 1.807) is 7.11 Å². The highest BCUT2D eigenvalue weighted by atomic mass is 16.5. The molecular weight excluding hydrogens is 208 g/mol. The quantitative estimate of drug-likeness (QED) is 0.408. The van der Waals surface area contributed by atoms with E-state index in [1.807, 2.05) is 6.92 Å². The van der Waals surface area contributed by atoms with Crippen molar-refractivity contribution in [3.63, 3.8) is 0 Å². The van der Waals surface area contributed by atoms with E-state index in [1.165, 1.54) is 0 Å². The highest BCUT2D eigenvalue weighted by Gasteiger charge is 2.29. The number of ether oxygens (including phenoxy) is 1. The van der Waals surface area contributed by atoms with Crippen LogP contribution in [-0.4, -0.2) is 55.3 Å². The van der Waals surface area contributed by atoms with Crippen molar-refractivity contribution in [1.29, 1.82) is 0 Å². The molecule has 0 bridgehead atoms. The number of aliphatic hydroxyl groups is 2. The molecule has 0 aromatic heterocycles. The van der Waals surface area contributed by atoms with Crippen molar-refractivity contribution >= 4 is 0 Å². The van der Waals surface area contributed by atoms with Crippen molar-refractivity contribution in [2.24, 2.45) is 5.73 Å². The number of methoxy groups -OCH3 is 1. The summed E-state index contributed by atoms with van der Waals surface area (Å²) in [6.45, 7) is 2.97. The monoisotopic (exact) mass is 234 g/mol. The number of aliphatic hydroxyl groups excluding tert-OH is 2. The molecule has 0 radical (unpaired) electrons. The maximum Gasteiger partial charge on any atom is 0.0648 e. The number of hydrogen-bond donors (Lipinski definition) is 4. The summed E-state index contributed by atoms with van der Waals surface area (Å²) in [6, 6.07) is 0.118. The zero-order chi connectivity index (χ0) is 12.4. The number of nitrogens with one attached hydrogen (secondary N) is 1. The summed E-state index contributed by atoms with van der Waals surface area (Å²) in [5, 5.41) is 21.9. The van der Waals surface area contributed by atoms with E-state index < -0.39 is 5.54 Å². The fraction of sp³-hybridized carbons (Fsp3) is 1.00. The van der Waals surface area contributed by atoms with E-state index in [0.29, 0.717) is 19.6 Å². The SMILES string of the molecule is CCC(CO)(CO)NC(CCCN)COC. The maximum atomic E-state index is 9.33. The first-order valence-electron chi connectivity index (χ1n) is 5.86. The number of nitrogens with two attached hydrogens (primary N) is 1. The molecule has 5 N–H and O–H groups in total. The second-order valence-electron chi connectivity index (χ2n) is 4.18. The Morgan fingerprint density at radius 1 is 1.38 bits per heavy atom. The first-order valence-corrected chi connectivity index (χ1v) is 5.86. The third kappa shape index (κ3) is 5.23. The van der Waals surface area contributed by atoms with Gasteiger partial charge in [0, 0.05) is 13.2 Å². The molecule has 0 aliphatic heterocycles. The smallest absolute Gasteiger partial charge is 0.0648 e. The lowest BCUT2D eigenvalue weighted by Gasteiger charge is -2.34. The lowest BCUT2D eigenvalue weighted by atomic mass is 9.96. The summed E-state index contributed by atoms with van der Waals surface area (Å²) < 4.78 is 5.11. The van der Waals surface area contributed by atoms with Gasteiger partial charge in [0.2, 0.25) is 0 Å². The Labute approximate surface area is 98.0 Å². The molecule has 0 spiro atoms. The lowest BCUT2D eigenvalue weighted by molar-refractivity contribution is 0.0591. The molecular formula is C11H26N2O3. The van der Waals surface area contributed by atoms with Gasteiger partial charge in [0.25, 0.3) is 0 Å². The van der Waals surface area contributed by atoms with Gasteiger partial charge in [0.05, 0.1) is 25.4 Å². The molecule has 5 nitrogen and oxygen atoms in total. The molecule has 0 aromatic carbocycles. The van der Waals surface area contributed by atoms with Crippen LogP contribution < -0.4 is 11.1 Å². The van der Waals surface area contributed by atoms with Gasteiger partial charge in [-0.25, -0.2) is 0 Å². The van der Waals surface area contributed by atoms with Crippen molar-refractivity contribution in [3.05, 3.63) is 0 Å². The van der Waals surface area contributed by atoms with Gasteiger partial charge in [0.15, 0.2) is 0 Å². The Bertz CT molecular complexity index is 155. The molecule has 0 rings (SSSR count). The van der Waals surface area contributed by atoms with Crippen molar-refractivity contribution in [1.82, 2.24) is 5.32 Å². The van der Waals surface area contributed by atoms with Crippen molar-refractivity contribution in [3.8, 4) is 0 Å². The zero-order valence-electron chi connectivity index (χ0n) is 10.4. The van der Waals surface area contributed by atoms with E-state index in [9.17, 15) is 10.2 Å². The minimum Gasteiger partial charge on any atom is -0.394 e. The Hall–Kier alpha value is -0.200. The van der Waals surface area contributed by atoms with Crippen LogP contribution in [0.25, 0.3) is 0 Å². The summed E-state index contributed by atoms with van der Waals surface area (Å²) >= 11 is 0. The molecule has 1 unspecified atom stereocenters. The van der Waals surface area contributed by atoms with Gasteiger partial charge in [-0.2, -0.15) is 0 Å². The van der Waals surface area contributed by atoms with Gasteiger partial charge in [-0.05, 0) is 25.8 Å². The van der Waals surface area contributed by atoms with Gasteiger partial charge in [-0.1, -0.05) is 6.92 Å². The first-order chi connectivity index (χ1) is 7.67. The molecule has 1 atom stereocenters. The minimum absolute atomic E-state index is 0.0805. The summed E-state index contributed by atoms with van der Waals surface area (Å²) in [5.41, 5.74) is 4.85. The predicted molar refractivity (Wildman–Crippen MR) is 64.3 cm³/mol. The Balaban J connectivity index is 4.31. The van der Waals surface area contributed by atoms with Crippen LogP contribution in [-0.2, 0) is 4.74 Å². The van der Waals surface area contributed by atoms with Crippen LogP contribution in [0.1, 0.15) is 26.2 Å². The molecule has 0 amide bonds. The van der Waals surface area contributed by atoms with E-state index >= 15 is 0 Å². The third-order valence-corrected chi connectivity index (χ3v) is 2.92. The second kappa shape index (κ2) is 8.90. The molecule has 98 valence electrons. The van der Waals surface area contributed by atoms with Crippen LogP contribution in [0, 0.1) is 0 Å². The van der Waals surface area contributed by atoms with Crippen LogP contribution in [0.5, 0.6) is 0 Å². The van der Waals surface area contributed by atoms with E-state index in [4.69, 9.17) is 10.5 Å². The minimum atomic E-state index is -0.613. The topological polar surface area (TPSA) is 87.7 Å². The van der Waals surface area contributed by atoms with E-state index in [2.05, 4.69) is 5.32 Å². The molecule has 5 heteroatoms. The van der Waals surface area contributed by atoms with Gasteiger partial charge in [-0.15, -0.1) is 0 Å². The maximum absolute atomic E-state index is 9.33. The summed E-state index contributed by atoms with van der Waals surface area (Å²) in [6.07, 6.45) is 2.45. The predicted octanol–water partition coefficient (Wildman–Crippen LogP) is -0.537. The lowest BCUT2D eigenvalue weighted by Crippen LogP contribution is -2.56. The van der Waals surface area contributed by atoms with Crippen LogP contribution >= 0.6 is 0 Å². The molecule has 0 fully saturated rings. The van der Waals surface area contributed by atoms with Gasteiger partial charge < -0.3 is 26.0 Å². The van der Waals surface area contributed by atoms with Crippen molar-refractivity contribution in [2.75, 3.05) is 33.5 Å². The van der Waals surface area contributed by atoms with Gasteiger partial charge in [0.1, 0.15) is 0 Å². The summed E-state index contributed by atoms with van der Waals surface area (Å²) in [4.78, 5) is 0. The fourth-order valence-electron chi connectivity index (χ4n) is 1.66. The van der Waals surface area contributed by atoms with E-state index in [-0.39, 0.29) is 19.3 Å². The fourth-order valence-corrected chi connectivity index (χ4v) is 1.66. The van der Waals surface area contributed by atoms with E-state index in [0.717, 1.165) is 12.8 Å². The summed E-state index contributed by atoms with van der Waals surface area (Å²) in [5.74, 6) is 0. The Morgan fingerprint density at radius 2 is 2.00 bits per heavy atom. The molecule has 16 heavy (non-hydrogen) atoms. The van der Waals surface area contributed by atoms with Crippen molar-refractivity contribution in [2.45, 2.75) is 37.8 Å². The molecule has 0 aromatic rings. The average Bonchev–Trinajstić information content (AvgIpc) is 2.33. The Kier molecular flexibility index (Phi) is 8.78. The Morgan fingerprint density at radius 3 is 2.38 bits per heavy atom. The van der Waals surface area contributed by atoms with Crippen molar-refractivity contribution < 1.29 is 14.9 Å². The molecule has 0 heterocycles. The molecule has 0 aliphatic rings. The van der Waals surface area contributed by atoms with Crippen LogP contribution in [0.4, 0.5) is 0 Å². The standard InChI is InChI=1S/C11H26N2O3/c1-3-11(8-14,9-15)13-10(7-16-2)5-4-6-12/h10,13-15H,3-9,12H2,1-2H3. The molecule has 0 aliphatic carbocycles. The average molecular weight is 234 g/mol. The molecule has 0 saturated heterocycles. The highest BCUT2D eigenvalue weighted by molar-refractivity contribution is 4.88. The number of rotatable bonds is 10. The molecule has 0 saturated carbocycles. The normalized spacial score (nSPS) is 14.1. The van der Waals surface area contributed by atoms with Gasteiger partial charge >= 0.3 is 0 Å². The van der Waals surface area contributed by atoms with Crippen LogP contribution in [0.3, 0.4) is 0 Å².